The molecule has 1 aliphatic rings. The van der Waals surface area contributed by atoms with E-state index in [0.29, 0.717) is 16.9 Å². The fourth-order valence-electron chi connectivity index (χ4n) is 3.52. The van der Waals surface area contributed by atoms with E-state index in [1.807, 2.05) is 0 Å². The fourth-order valence-corrected chi connectivity index (χ4v) is 3.52. The molecule has 0 bridgehead atoms. The Balaban J connectivity index is 1.97. The summed E-state index contributed by atoms with van der Waals surface area (Å²) in [6.07, 6.45) is 0. The van der Waals surface area contributed by atoms with Crippen molar-refractivity contribution in [3.63, 3.8) is 0 Å². The molecule has 1 aromatic carbocycles. The lowest BCUT2D eigenvalue weighted by molar-refractivity contribution is 0.457. The van der Waals surface area contributed by atoms with Gasteiger partial charge in [-0.25, -0.2) is 0 Å². The summed E-state index contributed by atoms with van der Waals surface area (Å²) in [5, 5.41) is 3.73. The Labute approximate surface area is 118 Å². The Kier molecular flexibility index (Phi) is 3.55. The van der Waals surface area contributed by atoms with E-state index in [1.165, 1.54) is 16.7 Å². The van der Waals surface area contributed by atoms with Crippen LogP contribution in [0.15, 0.2) is 18.2 Å². The molecule has 1 atom stereocenters. The Morgan fingerprint density at radius 3 is 1.89 bits per heavy atom. The molecule has 0 radical (unpaired) electrons. The van der Waals surface area contributed by atoms with Crippen molar-refractivity contribution in [2.24, 2.45) is 16.7 Å². The highest BCUT2D eigenvalue weighted by molar-refractivity contribution is 5.30. The zero-order valence-electron chi connectivity index (χ0n) is 13.6. The average molecular weight is 259 g/mol. The lowest BCUT2D eigenvalue weighted by Gasteiger charge is -2.16. The van der Waals surface area contributed by atoms with E-state index in [9.17, 15) is 0 Å². The maximum Gasteiger partial charge on any atom is 0.0292 e. The number of hydrogen-bond acceptors (Lipinski definition) is 1. The fraction of sp³-hybridized carbons (Fsp3) is 0.667. The molecule has 19 heavy (non-hydrogen) atoms. The zero-order chi connectivity index (χ0) is 14.4. The van der Waals surface area contributed by atoms with Gasteiger partial charge >= 0.3 is 0 Å². The van der Waals surface area contributed by atoms with Crippen molar-refractivity contribution in [1.29, 1.82) is 0 Å². The first-order chi connectivity index (χ1) is 8.66. The number of aryl methyl sites for hydroxylation is 2. The number of hydrogen-bond donors (Lipinski definition) is 1. The predicted octanol–water partition coefficient (Wildman–Crippen LogP) is 4.64. The van der Waals surface area contributed by atoms with Gasteiger partial charge in [0.25, 0.3) is 0 Å². The van der Waals surface area contributed by atoms with Gasteiger partial charge in [-0.15, -0.1) is 0 Å². The third-order valence-corrected chi connectivity index (χ3v) is 5.69. The molecule has 106 valence electrons. The molecule has 0 saturated heterocycles. The summed E-state index contributed by atoms with van der Waals surface area (Å²) in [4.78, 5) is 0. The molecular weight excluding hydrogens is 230 g/mol. The van der Waals surface area contributed by atoms with E-state index in [4.69, 9.17) is 0 Å². The molecule has 1 unspecified atom stereocenters. The van der Waals surface area contributed by atoms with Crippen LogP contribution in [0.5, 0.6) is 0 Å². The van der Waals surface area contributed by atoms with Gasteiger partial charge < -0.3 is 5.32 Å². The molecule has 0 heterocycles. The van der Waals surface area contributed by atoms with Crippen molar-refractivity contribution in [3.05, 3.63) is 34.9 Å². The highest BCUT2D eigenvalue weighted by atomic mass is 14.9. The summed E-state index contributed by atoms with van der Waals surface area (Å²) in [6.45, 7) is 17.3. The van der Waals surface area contributed by atoms with E-state index < -0.39 is 0 Å². The molecular formula is C18H29N. The van der Waals surface area contributed by atoms with Gasteiger partial charge in [-0.05, 0) is 49.6 Å². The minimum Gasteiger partial charge on any atom is -0.310 e. The number of benzene rings is 1. The predicted molar refractivity (Wildman–Crippen MR) is 83.4 cm³/mol. The summed E-state index contributed by atoms with van der Waals surface area (Å²) >= 11 is 0. The SMILES string of the molecule is Cc1cc(C)cc(C(C)NCC2C(C)(C)C2(C)C)c1. The highest BCUT2D eigenvalue weighted by Gasteiger charge is 2.63. The lowest BCUT2D eigenvalue weighted by atomic mass is 10.0. The van der Waals surface area contributed by atoms with E-state index >= 15 is 0 Å². The van der Waals surface area contributed by atoms with Crippen LogP contribution < -0.4 is 5.32 Å². The Hall–Kier alpha value is -0.820. The summed E-state index contributed by atoms with van der Waals surface area (Å²) in [5.74, 6) is 0.786. The van der Waals surface area contributed by atoms with Crippen LogP contribution in [0.4, 0.5) is 0 Å². The molecule has 1 aliphatic carbocycles. The molecule has 0 spiro atoms. The quantitative estimate of drug-likeness (QED) is 0.831. The van der Waals surface area contributed by atoms with Gasteiger partial charge in [0.2, 0.25) is 0 Å². The van der Waals surface area contributed by atoms with Crippen LogP contribution in [-0.4, -0.2) is 6.54 Å². The minimum absolute atomic E-state index is 0.436. The third kappa shape index (κ3) is 2.58. The molecule has 1 nitrogen and oxygen atoms in total. The zero-order valence-corrected chi connectivity index (χ0v) is 13.6. The van der Waals surface area contributed by atoms with Gasteiger partial charge in [-0.3, -0.25) is 0 Å². The van der Waals surface area contributed by atoms with Gasteiger partial charge in [-0.1, -0.05) is 57.0 Å². The normalized spacial score (nSPS) is 22.3. The Morgan fingerprint density at radius 2 is 1.47 bits per heavy atom. The molecule has 2 rings (SSSR count). The van der Waals surface area contributed by atoms with Gasteiger partial charge in [0.05, 0.1) is 0 Å². The monoisotopic (exact) mass is 259 g/mol. The van der Waals surface area contributed by atoms with Gasteiger partial charge in [-0.2, -0.15) is 0 Å². The van der Waals surface area contributed by atoms with E-state index in [2.05, 4.69) is 72.0 Å². The maximum absolute atomic E-state index is 3.73. The standard InChI is InChI=1S/C18H29N/c1-12-8-13(2)10-15(9-12)14(3)19-11-16-17(4,5)18(16,6)7/h8-10,14,16,19H,11H2,1-7H3. The van der Waals surface area contributed by atoms with E-state index in [1.54, 1.807) is 0 Å². The summed E-state index contributed by atoms with van der Waals surface area (Å²) in [7, 11) is 0. The average Bonchev–Trinajstić information content (AvgIpc) is 2.65. The van der Waals surface area contributed by atoms with Gasteiger partial charge in [0.15, 0.2) is 0 Å². The van der Waals surface area contributed by atoms with Crippen molar-refractivity contribution in [2.75, 3.05) is 6.54 Å². The molecule has 0 aliphatic heterocycles. The molecule has 1 aromatic rings. The van der Waals surface area contributed by atoms with Crippen LogP contribution >= 0.6 is 0 Å². The van der Waals surface area contributed by atoms with Crippen molar-refractivity contribution >= 4 is 0 Å². The van der Waals surface area contributed by atoms with Crippen LogP contribution in [0.3, 0.4) is 0 Å². The second-order valence-corrected chi connectivity index (χ2v) is 7.55. The molecule has 1 fully saturated rings. The number of rotatable bonds is 4. The molecule has 1 N–H and O–H groups in total. The van der Waals surface area contributed by atoms with Crippen molar-refractivity contribution in [1.82, 2.24) is 5.32 Å². The van der Waals surface area contributed by atoms with Crippen molar-refractivity contribution in [3.8, 4) is 0 Å². The molecule has 0 aromatic heterocycles. The van der Waals surface area contributed by atoms with E-state index in [0.717, 1.165) is 12.5 Å². The summed E-state index contributed by atoms with van der Waals surface area (Å²) in [5.41, 5.74) is 5.07. The first-order valence-corrected chi connectivity index (χ1v) is 7.48. The Morgan fingerprint density at radius 1 is 1.00 bits per heavy atom. The third-order valence-electron chi connectivity index (χ3n) is 5.69. The van der Waals surface area contributed by atoms with Crippen molar-refractivity contribution < 1.29 is 0 Å². The van der Waals surface area contributed by atoms with Gasteiger partial charge in [0, 0.05) is 6.04 Å². The lowest BCUT2D eigenvalue weighted by Crippen LogP contribution is -2.23. The van der Waals surface area contributed by atoms with Crippen LogP contribution in [-0.2, 0) is 0 Å². The van der Waals surface area contributed by atoms with Gasteiger partial charge in [0.1, 0.15) is 0 Å². The van der Waals surface area contributed by atoms with Crippen molar-refractivity contribution in [2.45, 2.75) is 54.5 Å². The van der Waals surface area contributed by atoms with E-state index in [-0.39, 0.29) is 0 Å². The summed E-state index contributed by atoms with van der Waals surface area (Å²) in [6, 6.07) is 7.27. The first kappa shape index (κ1) is 14.6. The highest BCUT2D eigenvalue weighted by Crippen LogP contribution is 2.68. The van der Waals surface area contributed by atoms with Crippen LogP contribution in [0.1, 0.15) is 57.4 Å². The smallest absolute Gasteiger partial charge is 0.0292 e. The van der Waals surface area contributed by atoms with Crippen LogP contribution in [0.2, 0.25) is 0 Å². The minimum atomic E-state index is 0.436. The molecule has 0 amide bonds. The number of nitrogens with one attached hydrogen (secondary N) is 1. The first-order valence-electron chi connectivity index (χ1n) is 7.48. The topological polar surface area (TPSA) is 12.0 Å². The Bertz CT molecular complexity index is 436. The second-order valence-electron chi connectivity index (χ2n) is 7.55. The maximum atomic E-state index is 3.73. The molecule has 1 heteroatoms. The summed E-state index contributed by atoms with van der Waals surface area (Å²) < 4.78 is 0. The van der Waals surface area contributed by atoms with Crippen LogP contribution in [0.25, 0.3) is 0 Å². The molecule has 1 saturated carbocycles. The van der Waals surface area contributed by atoms with Crippen LogP contribution in [0, 0.1) is 30.6 Å². The second kappa shape index (κ2) is 4.63. The largest absolute Gasteiger partial charge is 0.310 e.